The fourth-order valence-electron chi connectivity index (χ4n) is 5.18. The van der Waals surface area contributed by atoms with Crippen molar-refractivity contribution in [2.75, 3.05) is 19.8 Å². The van der Waals surface area contributed by atoms with E-state index in [9.17, 15) is 22.7 Å². The molecule has 190 valence electrons. The monoisotopic (exact) mass is 503 g/mol. The number of hydrogen-bond acceptors (Lipinski definition) is 5. The number of ether oxygens (including phenoxy) is 3. The van der Waals surface area contributed by atoms with E-state index in [2.05, 4.69) is 9.64 Å². The molecule has 0 saturated carbocycles. The van der Waals surface area contributed by atoms with Crippen LogP contribution in [0.5, 0.6) is 5.75 Å². The molecule has 3 aromatic carbocycles. The van der Waals surface area contributed by atoms with Gasteiger partial charge in [-0.15, -0.1) is 13.2 Å². The van der Waals surface area contributed by atoms with Crippen LogP contribution in [-0.2, 0) is 21.6 Å². The first kappa shape index (κ1) is 24.7. The molecule has 2 heterocycles. The second-order valence-corrected chi connectivity index (χ2v) is 9.11. The van der Waals surface area contributed by atoms with Gasteiger partial charge < -0.3 is 19.3 Å². The maximum Gasteiger partial charge on any atom is 0.573 e. The highest BCUT2D eigenvalue weighted by molar-refractivity contribution is 5.40. The molecule has 3 unspecified atom stereocenters. The van der Waals surface area contributed by atoms with Crippen molar-refractivity contribution in [3.8, 4) is 5.75 Å². The molecule has 5 rings (SSSR count). The maximum absolute atomic E-state index is 13.8. The summed E-state index contributed by atoms with van der Waals surface area (Å²) in [6.07, 6.45) is -5.07. The number of benzene rings is 3. The van der Waals surface area contributed by atoms with Crippen molar-refractivity contribution in [3.63, 3.8) is 0 Å². The summed E-state index contributed by atoms with van der Waals surface area (Å²) in [6.45, 7) is 1.04. The van der Waals surface area contributed by atoms with Crippen molar-refractivity contribution in [1.82, 2.24) is 4.90 Å². The topological polar surface area (TPSA) is 51.2 Å². The Morgan fingerprint density at radius 2 is 1.64 bits per heavy atom. The van der Waals surface area contributed by atoms with Gasteiger partial charge in [0.15, 0.2) is 5.79 Å². The van der Waals surface area contributed by atoms with E-state index in [4.69, 9.17) is 9.47 Å². The lowest BCUT2D eigenvalue weighted by Crippen LogP contribution is -2.54. The van der Waals surface area contributed by atoms with Gasteiger partial charge in [0.2, 0.25) is 0 Å². The first-order chi connectivity index (χ1) is 17.2. The van der Waals surface area contributed by atoms with Crippen LogP contribution in [0.25, 0.3) is 0 Å². The Bertz CT molecular complexity index is 1190. The second-order valence-electron chi connectivity index (χ2n) is 9.11. The van der Waals surface area contributed by atoms with Crippen LogP contribution < -0.4 is 4.74 Å². The van der Waals surface area contributed by atoms with E-state index < -0.39 is 35.4 Å². The summed E-state index contributed by atoms with van der Waals surface area (Å²) in [5.74, 6) is -2.28. The number of nitrogens with zero attached hydrogens (tertiary/aromatic N) is 1. The summed E-state index contributed by atoms with van der Waals surface area (Å²) < 4.78 is 69.5. The summed E-state index contributed by atoms with van der Waals surface area (Å²) in [4.78, 5) is 2.12. The maximum atomic E-state index is 13.8. The van der Waals surface area contributed by atoms with Crippen LogP contribution in [0.2, 0.25) is 0 Å². The number of alkyl halides is 3. The average molecular weight is 503 g/mol. The molecule has 2 aliphatic rings. The lowest BCUT2D eigenvalue weighted by atomic mass is 9.84. The van der Waals surface area contributed by atoms with Crippen LogP contribution >= 0.6 is 0 Å². The Balaban J connectivity index is 1.52. The first-order valence-electron chi connectivity index (χ1n) is 11.6. The summed E-state index contributed by atoms with van der Waals surface area (Å²) in [5, 5.41) is 11.6. The summed E-state index contributed by atoms with van der Waals surface area (Å²) in [6, 6.07) is 20.6. The molecule has 0 aromatic heterocycles. The van der Waals surface area contributed by atoms with Gasteiger partial charge in [0.05, 0.1) is 19.3 Å². The third kappa shape index (κ3) is 4.97. The van der Waals surface area contributed by atoms with Crippen LogP contribution in [0.1, 0.15) is 29.2 Å². The fourth-order valence-corrected chi connectivity index (χ4v) is 5.18. The minimum absolute atomic E-state index is 0.0409. The molecule has 2 fully saturated rings. The van der Waals surface area contributed by atoms with Crippen LogP contribution in [-0.4, -0.2) is 41.9 Å². The molecule has 0 bridgehead atoms. The average Bonchev–Trinajstić information content (AvgIpc) is 3.17. The van der Waals surface area contributed by atoms with Crippen molar-refractivity contribution in [2.24, 2.45) is 0 Å². The molecule has 0 amide bonds. The van der Waals surface area contributed by atoms with Gasteiger partial charge in [-0.1, -0.05) is 60.7 Å². The van der Waals surface area contributed by atoms with E-state index in [0.29, 0.717) is 18.7 Å². The number of morpholine rings is 1. The molecule has 3 aromatic rings. The van der Waals surface area contributed by atoms with Crippen LogP contribution in [0.3, 0.4) is 0 Å². The van der Waals surface area contributed by atoms with Gasteiger partial charge in [0.25, 0.3) is 0 Å². The smallest absolute Gasteiger partial charge is 0.405 e. The van der Waals surface area contributed by atoms with Crippen molar-refractivity contribution in [1.29, 1.82) is 0 Å². The summed E-state index contributed by atoms with van der Waals surface area (Å²) >= 11 is 0. The molecule has 1 spiro atoms. The molecule has 2 saturated heterocycles. The molecule has 0 radical (unpaired) electrons. The third-order valence-electron chi connectivity index (χ3n) is 6.63. The lowest BCUT2D eigenvalue weighted by Gasteiger charge is -2.47. The Hall–Kier alpha value is -2.98. The highest BCUT2D eigenvalue weighted by Gasteiger charge is 2.59. The predicted molar refractivity (Wildman–Crippen MR) is 122 cm³/mol. The minimum Gasteiger partial charge on any atom is -0.405 e. The molecule has 36 heavy (non-hydrogen) atoms. The number of hydrogen-bond donors (Lipinski definition) is 1. The van der Waals surface area contributed by atoms with Crippen molar-refractivity contribution in [3.05, 3.63) is 101 Å². The zero-order valence-corrected chi connectivity index (χ0v) is 19.2. The van der Waals surface area contributed by atoms with Gasteiger partial charge in [0.1, 0.15) is 17.2 Å². The van der Waals surface area contributed by atoms with E-state index >= 15 is 0 Å². The minimum atomic E-state index is -4.92. The van der Waals surface area contributed by atoms with E-state index in [1.807, 2.05) is 30.3 Å². The van der Waals surface area contributed by atoms with E-state index in [-0.39, 0.29) is 25.2 Å². The molecule has 3 atom stereocenters. The van der Waals surface area contributed by atoms with Gasteiger partial charge >= 0.3 is 6.36 Å². The second kappa shape index (κ2) is 9.48. The Kier molecular flexibility index (Phi) is 6.50. The van der Waals surface area contributed by atoms with Crippen molar-refractivity contribution in [2.45, 2.75) is 36.8 Å². The van der Waals surface area contributed by atoms with Gasteiger partial charge in [-0.05, 0) is 29.3 Å². The molecular formula is C27H25F4NO4. The highest BCUT2D eigenvalue weighted by atomic mass is 19.4. The third-order valence-corrected chi connectivity index (χ3v) is 6.63. The standard InChI is InChI=1S/C27H25F4NO4/c28-21-12-10-20(11-13-21)24-26(34-15-14-32(24)16-19-6-2-1-3-7-19)17-25(33,18-35-26)22-8-4-5-9-23(22)36-27(29,30)31/h1-13,24,33H,14-18H2. The van der Waals surface area contributed by atoms with E-state index in [0.717, 1.165) is 11.6 Å². The van der Waals surface area contributed by atoms with E-state index in [1.165, 1.54) is 30.3 Å². The molecular weight excluding hydrogens is 478 g/mol. The van der Waals surface area contributed by atoms with Crippen molar-refractivity contribution >= 4 is 0 Å². The Labute approximate surface area is 205 Å². The number of rotatable bonds is 5. The van der Waals surface area contributed by atoms with Gasteiger partial charge in [-0.2, -0.15) is 0 Å². The molecule has 2 aliphatic heterocycles. The fraction of sp³-hybridized carbons (Fsp3) is 0.333. The highest BCUT2D eigenvalue weighted by Crippen LogP contribution is 2.52. The lowest BCUT2D eigenvalue weighted by molar-refractivity contribution is -0.276. The summed E-state index contributed by atoms with van der Waals surface area (Å²) in [5.41, 5.74) is -0.105. The van der Waals surface area contributed by atoms with Crippen molar-refractivity contribution < 1.29 is 36.9 Å². The van der Waals surface area contributed by atoms with Gasteiger partial charge in [-0.25, -0.2) is 4.39 Å². The molecule has 0 aliphatic carbocycles. The molecule has 1 N–H and O–H groups in total. The van der Waals surface area contributed by atoms with Crippen LogP contribution in [0, 0.1) is 5.82 Å². The number of para-hydroxylation sites is 1. The molecule has 9 heteroatoms. The summed E-state index contributed by atoms with van der Waals surface area (Å²) in [7, 11) is 0. The normalized spacial score (nSPS) is 26.9. The first-order valence-corrected chi connectivity index (χ1v) is 11.6. The SMILES string of the molecule is OC1(c2ccccc2OC(F)(F)F)COC2(C1)OCCN(Cc1ccccc1)C2c1ccc(F)cc1. The van der Waals surface area contributed by atoms with E-state index in [1.54, 1.807) is 12.1 Å². The Morgan fingerprint density at radius 3 is 2.36 bits per heavy atom. The quantitative estimate of drug-likeness (QED) is 0.479. The predicted octanol–water partition coefficient (Wildman–Crippen LogP) is 5.30. The van der Waals surface area contributed by atoms with Gasteiger partial charge in [-0.3, -0.25) is 4.90 Å². The Morgan fingerprint density at radius 1 is 0.944 bits per heavy atom. The molecule has 5 nitrogen and oxygen atoms in total. The number of aliphatic hydroxyl groups is 1. The largest absolute Gasteiger partial charge is 0.573 e. The van der Waals surface area contributed by atoms with Gasteiger partial charge in [0, 0.05) is 25.1 Å². The number of halogens is 4. The van der Waals surface area contributed by atoms with Crippen LogP contribution in [0.15, 0.2) is 78.9 Å². The zero-order chi connectivity index (χ0) is 25.4. The zero-order valence-electron chi connectivity index (χ0n) is 19.2. The van der Waals surface area contributed by atoms with Crippen LogP contribution in [0.4, 0.5) is 17.6 Å².